The summed E-state index contributed by atoms with van der Waals surface area (Å²) in [6, 6.07) is 11.4. The lowest BCUT2D eigenvalue weighted by atomic mass is 10.1. The van der Waals surface area contributed by atoms with Crippen molar-refractivity contribution in [2.45, 2.75) is 33.1 Å². The van der Waals surface area contributed by atoms with Crippen LogP contribution in [0.4, 0.5) is 5.69 Å². The monoisotopic (exact) mass is 395 g/mol. The zero-order valence-corrected chi connectivity index (χ0v) is 17.1. The van der Waals surface area contributed by atoms with E-state index in [-0.39, 0.29) is 5.91 Å². The average molecular weight is 395 g/mol. The van der Waals surface area contributed by atoms with Gasteiger partial charge < -0.3 is 19.3 Å². The molecular formula is C22H25N3O4. The molecule has 0 aliphatic rings. The molecule has 3 rings (SSSR count). The van der Waals surface area contributed by atoms with Crippen LogP contribution < -0.4 is 14.8 Å². The maximum absolute atomic E-state index is 12.3. The van der Waals surface area contributed by atoms with Crippen LogP contribution in [0.1, 0.15) is 29.9 Å². The minimum atomic E-state index is -0.0259. The van der Waals surface area contributed by atoms with Crippen molar-refractivity contribution < 1.29 is 18.8 Å². The van der Waals surface area contributed by atoms with E-state index in [9.17, 15) is 4.79 Å². The predicted octanol–water partition coefficient (Wildman–Crippen LogP) is 4.33. The van der Waals surface area contributed by atoms with E-state index in [2.05, 4.69) is 15.5 Å². The summed E-state index contributed by atoms with van der Waals surface area (Å²) in [6.45, 7) is 3.97. The van der Waals surface area contributed by atoms with E-state index >= 15 is 0 Å². The molecule has 0 fully saturated rings. The Morgan fingerprint density at radius 1 is 1.07 bits per heavy atom. The first-order valence-electron chi connectivity index (χ1n) is 9.43. The highest BCUT2D eigenvalue weighted by atomic mass is 16.5. The van der Waals surface area contributed by atoms with Gasteiger partial charge in [-0.15, -0.1) is 0 Å². The predicted molar refractivity (Wildman–Crippen MR) is 110 cm³/mol. The fourth-order valence-electron chi connectivity index (χ4n) is 3.06. The van der Waals surface area contributed by atoms with Crippen molar-refractivity contribution in [3.63, 3.8) is 0 Å². The number of methoxy groups -OCH3 is 2. The Bertz CT molecular complexity index is 977. The van der Waals surface area contributed by atoms with Crippen LogP contribution in [-0.2, 0) is 11.2 Å². The maximum atomic E-state index is 12.3. The first-order valence-corrected chi connectivity index (χ1v) is 9.43. The fourth-order valence-corrected chi connectivity index (χ4v) is 3.06. The van der Waals surface area contributed by atoms with Crippen LogP contribution in [-0.4, -0.2) is 30.3 Å². The van der Waals surface area contributed by atoms with Crippen LogP contribution in [0, 0.1) is 13.8 Å². The van der Waals surface area contributed by atoms with E-state index in [4.69, 9.17) is 14.0 Å². The molecular weight excluding hydrogens is 370 g/mol. The van der Waals surface area contributed by atoms with Gasteiger partial charge in [-0.1, -0.05) is 23.4 Å². The highest BCUT2D eigenvalue weighted by molar-refractivity contribution is 5.92. The van der Waals surface area contributed by atoms with Crippen molar-refractivity contribution in [3.05, 3.63) is 53.4 Å². The molecule has 7 nitrogen and oxygen atoms in total. The lowest BCUT2D eigenvalue weighted by Gasteiger charge is -2.11. The van der Waals surface area contributed by atoms with Gasteiger partial charge in [-0.3, -0.25) is 4.79 Å². The summed E-state index contributed by atoms with van der Waals surface area (Å²) >= 11 is 0. The van der Waals surface area contributed by atoms with E-state index in [0.29, 0.717) is 42.5 Å². The van der Waals surface area contributed by atoms with E-state index in [1.807, 2.05) is 38.1 Å². The molecule has 3 aromatic rings. The standard InChI is InChI=1S/C22H25N3O4/c1-14-7-5-8-15(2)21(14)23-19(26)9-6-10-20-24-22(25-29-20)16-11-12-17(27-3)18(13-16)28-4/h5,7-8,11-13H,6,9-10H2,1-4H3,(H,23,26). The number of benzene rings is 2. The van der Waals surface area contributed by atoms with Gasteiger partial charge in [0, 0.05) is 24.1 Å². The van der Waals surface area contributed by atoms with Crippen LogP contribution in [0.25, 0.3) is 11.4 Å². The fraction of sp³-hybridized carbons (Fsp3) is 0.318. The Balaban J connectivity index is 1.56. The molecule has 1 amide bonds. The SMILES string of the molecule is COc1ccc(-c2noc(CCCC(=O)Nc3c(C)cccc3C)n2)cc1OC. The first-order chi connectivity index (χ1) is 14.0. The summed E-state index contributed by atoms with van der Waals surface area (Å²) in [7, 11) is 3.16. The number of amides is 1. The minimum Gasteiger partial charge on any atom is -0.493 e. The van der Waals surface area contributed by atoms with Crippen molar-refractivity contribution in [1.82, 2.24) is 10.1 Å². The molecule has 1 N–H and O–H groups in total. The molecule has 0 unspecified atom stereocenters. The van der Waals surface area contributed by atoms with E-state index < -0.39 is 0 Å². The molecule has 0 spiro atoms. The molecule has 0 bridgehead atoms. The smallest absolute Gasteiger partial charge is 0.226 e. The Hall–Kier alpha value is -3.35. The van der Waals surface area contributed by atoms with Gasteiger partial charge in [-0.05, 0) is 49.6 Å². The molecule has 0 saturated carbocycles. The number of nitrogens with zero attached hydrogens (tertiary/aromatic N) is 2. The molecule has 1 aromatic heterocycles. The van der Waals surface area contributed by atoms with Gasteiger partial charge >= 0.3 is 0 Å². The van der Waals surface area contributed by atoms with Crippen molar-refractivity contribution in [2.75, 3.05) is 19.5 Å². The minimum absolute atomic E-state index is 0.0259. The summed E-state index contributed by atoms with van der Waals surface area (Å²) < 4.78 is 15.9. The third-order valence-corrected chi connectivity index (χ3v) is 4.65. The molecule has 152 valence electrons. The Labute approximate surface area is 170 Å². The molecule has 7 heteroatoms. The van der Waals surface area contributed by atoms with Crippen molar-refractivity contribution in [1.29, 1.82) is 0 Å². The molecule has 0 saturated heterocycles. The highest BCUT2D eigenvalue weighted by Crippen LogP contribution is 2.31. The second kappa shape index (κ2) is 9.23. The Morgan fingerprint density at radius 2 is 1.79 bits per heavy atom. The van der Waals surface area contributed by atoms with Gasteiger partial charge in [-0.25, -0.2) is 0 Å². The lowest BCUT2D eigenvalue weighted by Crippen LogP contribution is -2.13. The molecule has 0 aliphatic heterocycles. The number of nitrogens with one attached hydrogen (secondary N) is 1. The summed E-state index contributed by atoms with van der Waals surface area (Å²) in [5.41, 5.74) is 3.75. The van der Waals surface area contributed by atoms with Crippen molar-refractivity contribution in [2.24, 2.45) is 0 Å². The molecule has 29 heavy (non-hydrogen) atoms. The van der Waals surface area contributed by atoms with Crippen LogP contribution in [0.15, 0.2) is 40.9 Å². The highest BCUT2D eigenvalue weighted by Gasteiger charge is 2.13. The van der Waals surface area contributed by atoms with Gasteiger partial charge in [0.05, 0.1) is 14.2 Å². The van der Waals surface area contributed by atoms with Crippen LogP contribution in [0.5, 0.6) is 11.5 Å². The van der Waals surface area contributed by atoms with Crippen LogP contribution in [0.2, 0.25) is 0 Å². The van der Waals surface area contributed by atoms with Crippen molar-refractivity contribution >= 4 is 11.6 Å². The number of rotatable bonds is 8. The van der Waals surface area contributed by atoms with Crippen molar-refractivity contribution in [3.8, 4) is 22.9 Å². The van der Waals surface area contributed by atoms with E-state index in [1.165, 1.54) is 0 Å². The quantitative estimate of drug-likeness (QED) is 0.611. The Morgan fingerprint density at radius 3 is 2.48 bits per heavy atom. The van der Waals surface area contributed by atoms with E-state index in [1.54, 1.807) is 26.4 Å². The van der Waals surface area contributed by atoms with Gasteiger partial charge in [0.15, 0.2) is 11.5 Å². The molecule has 1 heterocycles. The van der Waals surface area contributed by atoms with E-state index in [0.717, 1.165) is 22.4 Å². The van der Waals surface area contributed by atoms with Gasteiger partial charge in [0.2, 0.25) is 17.6 Å². The topological polar surface area (TPSA) is 86.5 Å². The van der Waals surface area contributed by atoms with Crippen LogP contribution in [0.3, 0.4) is 0 Å². The zero-order valence-electron chi connectivity index (χ0n) is 17.1. The number of aromatic nitrogens is 2. The number of hydrogen-bond donors (Lipinski definition) is 1. The van der Waals surface area contributed by atoms with Gasteiger partial charge in [0.25, 0.3) is 0 Å². The summed E-state index contributed by atoms with van der Waals surface area (Å²) in [6.07, 6.45) is 1.52. The van der Waals surface area contributed by atoms with Crippen LogP contribution >= 0.6 is 0 Å². The summed E-state index contributed by atoms with van der Waals surface area (Å²) in [4.78, 5) is 16.7. The number of anilines is 1. The normalized spacial score (nSPS) is 10.6. The zero-order chi connectivity index (χ0) is 20.8. The number of aryl methyl sites for hydroxylation is 3. The lowest BCUT2D eigenvalue weighted by molar-refractivity contribution is -0.116. The van der Waals surface area contributed by atoms with Gasteiger partial charge in [-0.2, -0.15) is 4.98 Å². The number of para-hydroxylation sites is 1. The number of ether oxygens (including phenoxy) is 2. The molecule has 0 radical (unpaired) electrons. The third kappa shape index (κ3) is 4.93. The summed E-state index contributed by atoms with van der Waals surface area (Å²) in [5, 5.41) is 7.01. The third-order valence-electron chi connectivity index (χ3n) is 4.65. The average Bonchev–Trinajstić information content (AvgIpc) is 3.19. The number of carbonyl (C=O) groups is 1. The van der Waals surface area contributed by atoms with Gasteiger partial charge in [0.1, 0.15) is 0 Å². The molecule has 2 aromatic carbocycles. The Kier molecular flexibility index (Phi) is 6.49. The second-order valence-electron chi connectivity index (χ2n) is 6.75. The number of hydrogen-bond acceptors (Lipinski definition) is 6. The first kappa shape index (κ1) is 20.4. The maximum Gasteiger partial charge on any atom is 0.226 e. The number of carbonyl (C=O) groups excluding carboxylic acids is 1. The molecule has 0 atom stereocenters. The molecule has 0 aliphatic carbocycles. The second-order valence-corrected chi connectivity index (χ2v) is 6.75. The largest absolute Gasteiger partial charge is 0.493 e. The summed E-state index contributed by atoms with van der Waals surface area (Å²) in [5.74, 6) is 2.17.